The number of anilines is 2. The summed E-state index contributed by atoms with van der Waals surface area (Å²) >= 11 is 0. The second-order valence-corrected chi connectivity index (χ2v) is 6.64. The highest BCUT2D eigenvalue weighted by molar-refractivity contribution is 6.03. The highest BCUT2D eigenvalue weighted by Gasteiger charge is 2.12. The number of amides is 1. The minimum atomic E-state index is -0.246. The molecule has 0 radical (unpaired) electrons. The van der Waals surface area contributed by atoms with Gasteiger partial charge in [0.05, 0.1) is 7.11 Å². The molecule has 29 heavy (non-hydrogen) atoms. The molecule has 3 rings (SSSR count). The Morgan fingerprint density at radius 2 is 1.76 bits per heavy atom. The third kappa shape index (κ3) is 5.31. The number of aromatic nitrogens is 2. The second kappa shape index (κ2) is 9.68. The molecular formula is C23H26N4O2. The molecule has 6 heteroatoms. The molecule has 0 unspecified atom stereocenters. The number of para-hydroxylation sites is 2. The van der Waals surface area contributed by atoms with E-state index in [-0.39, 0.29) is 5.91 Å². The Bertz CT molecular complexity index is 988. The lowest BCUT2D eigenvalue weighted by Gasteiger charge is -2.12. The van der Waals surface area contributed by atoms with Crippen LogP contribution in [0.3, 0.4) is 0 Å². The fourth-order valence-electron chi connectivity index (χ4n) is 3.15. The maximum Gasteiger partial charge on any atom is 0.274 e. The molecule has 2 N–H and O–H groups in total. The number of rotatable bonds is 8. The van der Waals surface area contributed by atoms with Gasteiger partial charge in [-0.15, -0.1) is 0 Å². The third-order valence-corrected chi connectivity index (χ3v) is 4.61. The fourth-order valence-corrected chi connectivity index (χ4v) is 3.15. The van der Waals surface area contributed by atoms with E-state index in [0.29, 0.717) is 23.9 Å². The van der Waals surface area contributed by atoms with Gasteiger partial charge in [0.25, 0.3) is 5.91 Å². The Labute approximate surface area is 171 Å². The number of aryl methyl sites for hydroxylation is 2. The molecule has 0 aliphatic carbocycles. The molecule has 0 saturated carbocycles. The van der Waals surface area contributed by atoms with Crippen LogP contribution in [0.25, 0.3) is 0 Å². The maximum absolute atomic E-state index is 12.7. The summed E-state index contributed by atoms with van der Waals surface area (Å²) in [5.41, 5.74) is 3.34. The number of nitrogens with zero attached hydrogens (tertiary/aromatic N) is 2. The topological polar surface area (TPSA) is 76.1 Å². The zero-order valence-electron chi connectivity index (χ0n) is 17.0. The van der Waals surface area contributed by atoms with Crippen molar-refractivity contribution in [3.05, 3.63) is 77.2 Å². The minimum Gasteiger partial charge on any atom is -0.496 e. The molecule has 0 fully saturated rings. The first-order chi connectivity index (χ1) is 14.1. The van der Waals surface area contributed by atoms with Gasteiger partial charge in [-0.25, -0.2) is 9.97 Å². The lowest BCUT2D eigenvalue weighted by atomic mass is 10.1. The van der Waals surface area contributed by atoms with E-state index < -0.39 is 0 Å². The van der Waals surface area contributed by atoms with Gasteiger partial charge in [-0.2, -0.15) is 0 Å². The predicted molar refractivity (Wildman–Crippen MR) is 116 cm³/mol. The van der Waals surface area contributed by atoms with Gasteiger partial charge in [-0.3, -0.25) is 4.79 Å². The normalized spacial score (nSPS) is 10.4. The Hall–Kier alpha value is -3.41. The molecule has 150 valence electrons. The summed E-state index contributed by atoms with van der Waals surface area (Å²) < 4.78 is 5.39. The van der Waals surface area contributed by atoms with E-state index in [4.69, 9.17) is 4.74 Å². The van der Waals surface area contributed by atoms with Gasteiger partial charge in [0.15, 0.2) is 0 Å². The smallest absolute Gasteiger partial charge is 0.274 e. The molecule has 0 atom stereocenters. The van der Waals surface area contributed by atoms with E-state index in [2.05, 4.69) is 27.5 Å². The summed E-state index contributed by atoms with van der Waals surface area (Å²) in [6.07, 6.45) is 1.62. The third-order valence-electron chi connectivity index (χ3n) is 4.61. The number of nitrogens with one attached hydrogen (secondary N) is 2. The van der Waals surface area contributed by atoms with Crippen molar-refractivity contribution in [1.82, 2.24) is 9.97 Å². The van der Waals surface area contributed by atoms with Crippen LogP contribution >= 0.6 is 0 Å². The fraction of sp³-hybridized carbons (Fsp3) is 0.261. The van der Waals surface area contributed by atoms with Crippen molar-refractivity contribution in [2.24, 2.45) is 0 Å². The van der Waals surface area contributed by atoms with E-state index in [0.717, 1.165) is 35.4 Å². The largest absolute Gasteiger partial charge is 0.496 e. The summed E-state index contributed by atoms with van der Waals surface area (Å²) in [4.78, 5) is 21.4. The van der Waals surface area contributed by atoms with Crippen LogP contribution in [0.2, 0.25) is 0 Å². The lowest BCUT2D eigenvalue weighted by Crippen LogP contribution is -2.17. The maximum atomic E-state index is 12.7. The monoisotopic (exact) mass is 390 g/mol. The zero-order chi connectivity index (χ0) is 20.6. The summed E-state index contributed by atoms with van der Waals surface area (Å²) in [6, 6.07) is 17.4. The molecule has 0 aliphatic heterocycles. The van der Waals surface area contributed by atoms with Gasteiger partial charge in [-0.1, -0.05) is 43.3 Å². The van der Waals surface area contributed by atoms with Crippen molar-refractivity contribution >= 4 is 17.4 Å². The van der Waals surface area contributed by atoms with Crippen molar-refractivity contribution in [1.29, 1.82) is 0 Å². The Morgan fingerprint density at radius 3 is 2.52 bits per heavy atom. The van der Waals surface area contributed by atoms with E-state index >= 15 is 0 Å². The quantitative estimate of drug-likeness (QED) is 0.601. The van der Waals surface area contributed by atoms with Crippen molar-refractivity contribution in [3.63, 3.8) is 0 Å². The van der Waals surface area contributed by atoms with Crippen molar-refractivity contribution in [3.8, 4) is 5.75 Å². The SMILES string of the molecule is CCc1ccccc1NC(=O)c1cc(NCCc2ccccc2OC)nc(C)n1. The standard InChI is InChI=1S/C23H26N4O2/c1-4-17-9-5-7-11-19(17)27-23(28)20-15-22(26-16(2)25-20)24-14-13-18-10-6-8-12-21(18)29-3/h5-12,15H,4,13-14H2,1-3H3,(H,27,28)(H,24,25,26). The molecule has 0 aliphatic rings. The van der Waals surface area contributed by atoms with Gasteiger partial charge < -0.3 is 15.4 Å². The van der Waals surface area contributed by atoms with E-state index in [9.17, 15) is 4.79 Å². The van der Waals surface area contributed by atoms with Crippen molar-refractivity contribution in [2.45, 2.75) is 26.7 Å². The van der Waals surface area contributed by atoms with Crippen molar-refractivity contribution in [2.75, 3.05) is 24.3 Å². The number of carbonyl (C=O) groups is 1. The van der Waals surface area contributed by atoms with Crippen LogP contribution in [0.15, 0.2) is 54.6 Å². The van der Waals surface area contributed by atoms with Gasteiger partial charge in [0.1, 0.15) is 23.1 Å². The van der Waals surface area contributed by atoms with Crippen LogP contribution in [-0.4, -0.2) is 29.5 Å². The van der Waals surface area contributed by atoms with Crippen molar-refractivity contribution < 1.29 is 9.53 Å². The van der Waals surface area contributed by atoms with Gasteiger partial charge in [0, 0.05) is 18.3 Å². The number of ether oxygens (including phenoxy) is 1. The van der Waals surface area contributed by atoms with E-state index in [1.807, 2.05) is 48.5 Å². The number of benzene rings is 2. The minimum absolute atomic E-state index is 0.246. The lowest BCUT2D eigenvalue weighted by molar-refractivity contribution is 0.102. The van der Waals surface area contributed by atoms with Crippen LogP contribution < -0.4 is 15.4 Å². The number of carbonyl (C=O) groups excluding carboxylic acids is 1. The molecule has 0 saturated heterocycles. The van der Waals surface area contributed by atoms with Crippen LogP contribution in [-0.2, 0) is 12.8 Å². The molecule has 1 heterocycles. The molecule has 0 spiro atoms. The van der Waals surface area contributed by atoms with E-state index in [1.54, 1.807) is 20.1 Å². The first-order valence-electron chi connectivity index (χ1n) is 9.71. The summed E-state index contributed by atoms with van der Waals surface area (Å²) in [5, 5.41) is 6.24. The number of hydrogen-bond acceptors (Lipinski definition) is 5. The number of methoxy groups -OCH3 is 1. The molecule has 2 aromatic carbocycles. The Morgan fingerprint density at radius 1 is 1.03 bits per heavy atom. The predicted octanol–water partition coefficient (Wildman–Crippen LogP) is 4.26. The Kier molecular flexibility index (Phi) is 6.79. The summed E-state index contributed by atoms with van der Waals surface area (Å²) in [5.74, 6) is 1.79. The first-order valence-corrected chi connectivity index (χ1v) is 9.71. The Balaban J connectivity index is 1.68. The first kappa shape index (κ1) is 20.3. The summed E-state index contributed by atoms with van der Waals surface area (Å²) in [6.45, 7) is 4.50. The molecule has 3 aromatic rings. The zero-order valence-corrected chi connectivity index (χ0v) is 17.0. The molecule has 0 bridgehead atoms. The molecule has 1 amide bonds. The summed E-state index contributed by atoms with van der Waals surface area (Å²) in [7, 11) is 1.67. The van der Waals surface area contributed by atoms with Gasteiger partial charge in [-0.05, 0) is 43.0 Å². The molecular weight excluding hydrogens is 364 g/mol. The van der Waals surface area contributed by atoms with Crippen LogP contribution in [0.4, 0.5) is 11.5 Å². The van der Waals surface area contributed by atoms with Crippen LogP contribution in [0.1, 0.15) is 34.4 Å². The second-order valence-electron chi connectivity index (χ2n) is 6.64. The van der Waals surface area contributed by atoms with Crippen LogP contribution in [0, 0.1) is 6.92 Å². The molecule has 1 aromatic heterocycles. The number of hydrogen-bond donors (Lipinski definition) is 2. The average molecular weight is 390 g/mol. The van der Waals surface area contributed by atoms with E-state index in [1.165, 1.54) is 0 Å². The van der Waals surface area contributed by atoms with Crippen LogP contribution in [0.5, 0.6) is 5.75 Å². The average Bonchev–Trinajstić information content (AvgIpc) is 2.74. The highest BCUT2D eigenvalue weighted by atomic mass is 16.5. The van der Waals surface area contributed by atoms with Gasteiger partial charge in [0.2, 0.25) is 0 Å². The molecule has 6 nitrogen and oxygen atoms in total. The van der Waals surface area contributed by atoms with Gasteiger partial charge >= 0.3 is 0 Å². The highest BCUT2D eigenvalue weighted by Crippen LogP contribution is 2.19.